The summed E-state index contributed by atoms with van der Waals surface area (Å²) in [6, 6.07) is 7.50. The van der Waals surface area contributed by atoms with Crippen molar-refractivity contribution >= 4 is 28.3 Å². The van der Waals surface area contributed by atoms with Crippen molar-refractivity contribution in [1.29, 1.82) is 0 Å². The van der Waals surface area contributed by atoms with Crippen LogP contribution in [0.1, 0.15) is 32.3 Å². The first-order valence-corrected chi connectivity index (χ1v) is 10.8. The van der Waals surface area contributed by atoms with E-state index in [-0.39, 0.29) is 5.82 Å². The first-order valence-electron chi connectivity index (χ1n) is 10.8. The topological polar surface area (TPSA) is 56.3 Å². The molecule has 5 nitrogen and oxygen atoms in total. The van der Waals surface area contributed by atoms with Gasteiger partial charge in [0.05, 0.1) is 0 Å². The predicted molar refractivity (Wildman–Crippen MR) is 128 cm³/mol. The van der Waals surface area contributed by atoms with Gasteiger partial charge in [-0.3, -0.25) is 4.99 Å². The number of halogens is 1. The van der Waals surface area contributed by atoms with Crippen LogP contribution in [0.3, 0.4) is 0 Å². The van der Waals surface area contributed by atoms with Crippen LogP contribution >= 0.6 is 0 Å². The lowest BCUT2D eigenvalue weighted by molar-refractivity contribution is 0.239. The smallest absolute Gasteiger partial charge is 0.149 e. The normalized spacial score (nSPS) is 15.3. The summed E-state index contributed by atoms with van der Waals surface area (Å²) in [7, 11) is 2.16. The summed E-state index contributed by atoms with van der Waals surface area (Å²) in [5.41, 5.74) is 5.56. The number of rotatable bonds is 5. The number of aromatic amines is 1. The highest BCUT2D eigenvalue weighted by molar-refractivity contribution is 5.95. The number of nitrogens with one attached hydrogen (secondary N) is 2. The van der Waals surface area contributed by atoms with Gasteiger partial charge in [-0.25, -0.2) is 9.37 Å². The third kappa shape index (κ3) is 4.54. The van der Waals surface area contributed by atoms with Gasteiger partial charge in [-0.05, 0) is 89.1 Å². The van der Waals surface area contributed by atoms with E-state index < -0.39 is 0 Å². The molecular weight excluding hydrogens is 389 g/mol. The standard InChI is InChI=1S/C25H30FN5/c1-15(2)28-24-16(3)12-19(13-22(24)26)21-14-27-25-20(21)6-7-23(30-25)29-17(4)18-8-10-31(5)11-9-18/h6-7,12-14,18H,4,8-11H2,1-3,5H3,(H2,27,29,30). The molecule has 2 aromatic heterocycles. The van der Waals surface area contributed by atoms with Crippen LogP contribution < -0.4 is 5.32 Å². The number of likely N-dealkylation sites (tertiary alicyclic amines) is 1. The Morgan fingerprint density at radius 2 is 2.00 bits per heavy atom. The van der Waals surface area contributed by atoms with Crippen LogP contribution in [0.4, 0.5) is 15.9 Å². The summed E-state index contributed by atoms with van der Waals surface area (Å²) in [5.74, 6) is 0.924. The minimum absolute atomic E-state index is 0.314. The summed E-state index contributed by atoms with van der Waals surface area (Å²) < 4.78 is 14.7. The lowest BCUT2D eigenvalue weighted by Crippen LogP contribution is -2.31. The van der Waals surface area contributed by atoms with E-state index in [0.29, 0.717) is 11.6 Å². The minimum atomic E-state index is -0.314. The van der Waals surface area contributed by atoms with Crippen molar-refractivity contribution in [2.45, 2.75) is 33.6 Å². The molecule has 0 spiro atoms. The third-order valence-electron chi connectivity index (χ3n) is 5.94. The fraction of sp³-hybridized carbons (Fsp3) is 0.360. The van der Waals surface area contributed by atoms with Crippen LogP contribution in [-0.2, 0) is 0 Å². The van der Waals surface area contributed by atoms with Gasteiger partial charge in [-0.2, -0.15) is 0 Å². The predicted octanol–water partition coefficient (Wildman–Crippen LogP) is 6.06. The molecular formula is C25H30FN5. The highest BCUT2D eigenvalue weighted by Crippen LogP contribution is 2.34. The number of allylic oxidation sites excluding steroid dienone is 1. The van der Waals surface area contributed by atoms with Gasteiger partial charge in [0.25, 0.3) is 0 Å². The Hall–Kier alpha value is -2.99. The fourth-order valence-electron chi connectivity index (χ4n) is 4.19. The van der Waals surface area contributed by atoms with E-state index >= 15 is 0 Å². The number of benzene rings is 1. The molecule has 31 heavy (non-hydrogen) atoms. The molecule has 2 N–H and O–H groups in total. The Labute approximate surface area is 183 Å². The molecule has 0 saturated carbocycles. The van der Waals surface area contributed by atoms with Crippen LogP contribution in [0.25, 0.3) is 22.2 Å². The van der Waals surface area contributed by atoms with Crippen molar-refractivity contribution in [2.24, 2.45) is 10.9 Å². The zero-order valence-electron chi connectivity index (χ0n) is 18.7. The van der Waals surface area contributed by atoms with Crippen LogP contribution in [0.2, 0.25) is 0 Å². The zero-order valence-corrected chi connectivity index (χ0v) is 18.7. The van der Waals surface area contributed by atoms with Crippen molar-refractivity contribution in [3.8, 4) is 11.1 Å². The quantitative estimate of drug-likeness (QED) is 0.495. The Morgan fingerprint density at radius 1 is 1.26 bits per heavy atom. The summed E-state index contributed by atoms with van der Waals surface area (Å²) in [5, 5.41) is 4.35. The molecule has 0 unspecified atom stereocenters. The lowest BCUT2D eigenvalue weighted by Gasteiger charge is -2.30. The molecule has 0 aliphatic carbocycles. The molecule has 1 aromatic carbocycles. The maximum absolute atomic E-state index is 14.7. The van der Waals surface area contributed by atoms with Crippen molar-refractivity contribution < 1.29 is 4.39 Å². The Balaban J connectivity index is 1.58. The molecule has 4 rings (SSSR count). The highest BCUT2D eigenvalue weighted by atomic mass is 19.1. The van der Waals surface area contributed by atoms with Crippen molar-refractivity contribution in [3.63, 3.8) is 0 Å². The molecule has 0 atom stereocenters. The maximum Gasteiger partial charge on any atom is 0.149 e. The average Bonchev–Trinajstić information content (AvgIpc) is 3.14. The molecule has 0 radical (unpaired) electrons. The van der Waals surface area contributed by atoms with E-state index in [1.807, 2.05) is 45.2 Å². The third-order valence-corrected chi connectivity index (χ3v) is 5.94. The molecule has 162 valence electrons. The van der Waals surface area contributed by atoms with Crippen LogP contribution in [0.15, 0.2) is 47.7 Å². The number of hydrogen-bond donors (Lipinski definition) is 2. The molecule has 0 amide bonds. The molecule has 3 heterocycles. The van der Waals surface area contributed by atoms with Crippen LogP contribution in [0, 0.1) is 18.7 Å². The van der Waals surface area contributed by atoms with Crippen molar-refractivity contribution in [1.82, 2.24) is 14.9 Å². The van der Waals surface area contributed by atoms with E-state index in [2.05, 4.69) is 33.8 Å². The molecule has 6 heteroatoms. The number of hydrogen-bond acceptors (Lipinski definition) is 4. The number of aliphatic imine (C=N–C) groups is 1. The Bertz CT molecular complexity index is 1120. The Morgan fingerprint density at radius 3 is 2.68 bits per heavy atom. The number of aromatic nitrogens is 2. The van der Waals surface area contributed by atoms with E-state index in [1.165, 1.54) is 0 Å². The molecule has 0 bridgehead atoms. The number of fused-ring (bicyclic) bond motifs is 1. The van der Waals surface area contributed by atoms with E-state index in [1.54, 1.807) is 6.07 Å². The van der Waals surface area contributed by atoms with E-state index in [0.717, 1.165) is 70.9 Å². The highest BCUT2D eigenvalue weighted by Gasteiger charge is 2.20. The largest absolute Gasteiger partial charge is 0.345 e. The maximum atomic E-state index is 14.7. The van der Waals surface area contributed by atoms with Gasteiger partial charge >= 0.3 is 0 Å². The zero-order chi connectivity index (χ0) is 22.1. The van der Waals surface area contributed by atoms with Gasteiger partial charge in [0.15, 0.2) is 0 Å². The number of nitrogens with zero attached hydrogens (tertiary/aromatic N) is 3. The number of aryl methyl sites for hydroxylation is 1. The first-order chi connectivity index (χ1) is 14.8. The molecule has 1 fully saturated rings. The number of pyridine rings is 1. The van der Waals surface area contributed by atoms with Gasteiger partial charge in [-0.1, -0.05) is 6.58 Å². The summed E-state index contributed by atoms with van der Waals surface area (Å²) >= 11 is 0. The minimum Gasteiger partial charge on any atom is -0.345 e. The molecule has 1 aliphatic rings. The lowest BCUT2D eigenvalue weighted by atomic mass is 9.94. The van der Waals surface area contributed by atoms with Crippen LogP contribution in [-0.4, -0.2) is 40.7 Å². The SMILES string of the molecule is C=C(Nc1ccc2c(-c3cc(C)c(N=C(C)C)c(F)c3)c[nH]c2n1)C1CCN(C)CC1. The Kier molecular flexibility index (Phi) is 5.92. The number of anilines is 1. The number of H-pyrrole nitrogens is 1. The van der Waals surface area contributed by atoms with Crippen molar-refractivity contribution in [3.05, 3.63) is 54.1 Å². The fourth-order valence-corrected chi connectivity index (χ4v) is 4.19. The molecule has 1 aliphatic heterocycles. The van der Waals surface area contributed by atoms with Gasteiger partial charge in [0.1, 0.15) is 23.0 Å². The van der Waals surface area contributed by atoms with Gasteiger partial charge in [0.2, 0.25) is 0 Å². The molecule has 3 aromatic rings. The second-order valence-corrected chi connectivity index (χ2v) is 8.71. The van der Waals surface area contributed by atoms with E-state index in [9.17, 15) is 4.39 Å². The average molecular weight is 420 g/mol. The second-order valence-electron chi connectivity index (χ2n) is 8.71. The van der Waals surface area contributed by atoms with Gasteiger partial charge in [0, 0.05) is 34.5 Å². The van der Waals surface area contributed by atoms with Gasteiger partial charge < -0.3 is 15.2 Å². The van der Waals surface area contributed by atoms with Crippen LogP contribution in [0.5, 0.6) is 0 Å². The monoisotopic (exact) mass is 419 g/mol. The first kappa shape index (κ1) is 21.2. The summed E-state index contributed by atoms with van der Waals surface area (Å²) in [6.07, 6.45) is 4.11. The summed E-state index contributed by atoms with van der Waals surface area (Å²) in [4.78, 5) is 14.6. The van der Waals surface area contributed by atoms with Gasteiger partial charge in [-0.15, -0.1) is 0 Å². The summed E-state index contributed by atoms with van der Waals surface area (Å²) in [6.45, 7) is 12.1. The number of piperidine rings is 1. The van der Waals surface area contributed by atoms with Crippen molar-refractivity contribution in [2.75, 3.05) is 25.5 Å². The second kappa shape index (κ2) is 8.63. The molecule has 1 saturated heterocycles. The van der Waals surface area contributed by atoms with E-state index in [4.69, 9.17) is 4.98 Å².